The summed E-state index contributed by atoms with van der Waals surface area (Å²) in [6.45, 7) is 1.81. The number of nitro groups is 1. The number of non-ortho nitro benzene ring substituents is 1. The fourth-order valence-corrected chi connectivity index (χ4v) is 1.62. The number of carbonyl (C=O) groups excluding carboxylic acids is 1. The molecule has 1 N–H and O–H groups in total. The molecule has 1 aromatic carbocycles. The van der Waals surface area contributed by atoms with E-state index < -0.39 is 4.92 Å². The van der Waals surface area contributed by atoms with Crippen LogP contribution < -0.4 is 5.43 Å². The van der Waals surface area contributed by atoms with Crippen LogP contribution in [0.4, 0.5) is 5.69 Å². The van der Waals surface area contributed by atoms with E-state index >= 15 is 0 Å². The van der Waals surface area contributed by atoms with Gasteiger partial charge in [-0.2, -0.15) is 5.10 Å². The Morgan fingerprint density at radius 1 is 1.41 bits per heavy atom. The van der Waals surface area contributed by atoms with E-state index in [2.05, 4.69) is 10.5 Å². The average Bonchev–Trinajstić information content (AvgIpc) is 2.33. The number of hydrazone groups is 1. The zero-order valence-corrected chi connectivity index (χ0v) is 9.21. The summed E-state index contributed by atoms with van der Waals surface area (Å²) in [5.41, 5.74) is 4.01. The van der Waals surface area contributed by atoms with Crippen molar-refractivity contribution in [3.05, 3.63) is 39.9 Å². The van der Waals surface area contributed by atoms with Crippen molar-refractivity contribution < 1.29 is 9.72 Å². The van der Waals surface area contributed by atoms with Crippen LogP contribution in [0.15, 0.2) is 29.4 Å². The van der Waals surface area contributed by atoms with E-state index in [4.69, 9.17) is 0 Å². The molecule has 0 saturated heterocycles. The molecule has 0 aromatic heterocycles. The second-order valence-corrected chi connectivity index (χ2v) is 3.94. The molecular formula is C11H11N3O3. The molecule has 0 bridgehead atoms. The SMILES string of the molecule is CC1CC(c2ccc([N+](=O)[O-])cc2)=NNC1=O. The quantitative estimate of drug-likeness (QED) is 0.619. The molecule has 6 nitrogen and oxygen atoms in total. The second kappa shape index (κ2) is 4.32. The van der Waals surface area contributed by atoms with E-state index in [1.807, 2.05) is 6.92 Å². The summed E-state index contributed by atoms with van der Waals surface area (Å²) >= 11 is 0. The maximum absolute atomic E-state index is 11.2. The Balaban J connectivity index is 2.24. The van der Waals surface area contributed by atoms with Gasteiger partial charge < -0.3 is 0 Å². The molecule has 0 spiro atoms. The first-order valence-electron chi connectivity index (χ1n) is 5.19. The highest BCUT2D eigenvalue weighted by molar-refractivity contribution is 6.04. The topological polar surface area (TPSA) is 84.6 Å². The lowest BCUT2D eigenvalue weighted by Crippen LogP contribution is -2.33. The number of hydrogen-bond acceptors (Lipinski definition) is 4. The van der Waals surface area contributed by atoms with E-state index in [-0.39, 0.29) is 17.5 Å². The monoisotopic (exact) mass is 233 g/mol. The van der Waals surface area contributed by atoms with Crippen LogP contribution in [0.5, 0.6) is 0 Å². The Morgan fingerprint density at radius 3 is 2.59 bits per heavy atom. The number of nitrogens with zero attached hydrogens (tertiary/aromatic N) is 2. The molecule has 1 aliphatic rings. The van der Waals surface area contributed by atoms with Gasteiger partial charge in [0.2, 0.25) is 5.91 Å². The van der Waals surface area contributed by atoms with Gasteiger partial charge in [-0.05, 0) is 17.7 Å². The molecule has 1 aromatic rings. The van der Waals surface area contributed by atoms with Gasteiger partial charge in [0.1, 0.15) is 0 Å². The number of carbonyl (C=O) groups is 1. The second-order valence-electron chi connectivity index (χ2n) is 3.94. The number of amides is 1. The molecule has 0 aliphatic carbocycles. The summed E-state index contributed by atoms with van der Waals surface area (Å²) in [6.07, 6.45) is 0.545. The molecule has 0 radical (unpaired) electrons. The van der Waals surface area contributed by atoms with E-state index in [1.165, 1.54) is 12.1 Å². The van der Waals surface area contributed by atoms with Crippen LogP contribution in [0.1, 0.15) is 18.9 Å². The molecule has 88 valence electrons. The van der Waals surface area contributed by atoms with Crippen molar-refractivity contribution >= 4 is 17.3 Å². The summed E-state index contributed by atoms with van der Waals surface area (Å²) in [6, 6.07) is 6.14. The summed E-state index contributed by atoms with van der Waals surface area (Å²) in [4.78, 5) is 21.3. The van der Waals surface area contributed by atoms with E-state index in [0.29, 0.717) is 6.42 Å². The van der Waals surface area contributed by atoms with Crippen LogP contribution in [0, 0.1) is 16.0 Å². The Hall–Kier alpha value is -2.24. The molecule has 0 saturated carbocycles. The number of nitro benzene ring substituents is 1. The van der Waals surface area contributed by atoms with Crippen LogP contribution in [-0.4, -0.2) is 16.5 Å². The molecule has 1 aliphatic heterocycles. The molecule has 1 unspecified atom stereocenters. The van der Waals surface area contributed by atoms with Gasteiger partial charge in [0, 0.05) is 24.5 Å². The Morgan fingerprint density at radius 2 is 2.06 bits per heavy atom. The van der Waals surface area contributed by atoms with Gasteiger partial charge >= 0.3 is 0 Å². The molecule has 1 atom stereocenters. The largest absolute Gasteiger partial charge is 0.273 e. The zero-order valence-electron chi connectivity index (χ0n) is 9.21. The molecule has 1 heterocycles. The maximum Gasteiger partial charge on any atom is 0.269 e. The fraction of sp³-hybridized carbons (Fsp3) is 0.273. The Kier molecular flexibility index (Phi) is 2.86. The highest BCUT2D eigenvalue weighted by Crippen LogP contribution is 2.17. The summed E-state index contributed by atoms with van der Waals surface area (Å²) in [5, 5.41) is 14.5. The number of nitrogens with one attached hydrogen (secondary N) is 1. The molecule has 0 fully saturated rings. The van der Waals surface area contributed by atoms with Crippen molar-refractivity contribution in [2.24, 2.45) is 11.0 Å². The van der Waals surface area contributed by atoms with Crippen LogP contribution >= 0.6 is 0 Å². The van der Waals surface area contributed by atoms with Crippen LogP contribution in [0.2, 0.25) is 0 Å². The van der Waals surface area contributed by atoms with Gasteiger partial charge in [-0.25, -0.2) is 5.43 Å². The van der Waals surface area contributed by atoms with Crippen molar-refractivity contribution in [2.45, 2.75) is 13.3 Å². The zero-order chi connectivity index (χ0) is 12.4. The summed E-state index contributed by atoms with van der Waals surface area (Å²) < 4.78 is 0. The van der Waals surface area contributed by atoms with Crippen molar-refractivity contribution in [3.8, 4) is 0 Å². The minimum Gasteiger partial charge on any atom is -0.273 e. The molecule has 6 heteroatoms. The molecule has 1 amide bonds. The van der Waals surface area contributed by atoms with Gasteiger partial charge in [0.05, 0.1) is 10.6 Å². The lowest BCUT2D eigenvalue weighted by atomic mass is 9.97. The lowest BCUT2D eigenvalue weighted by molar-refractivity contribution is -0.384. The van der Waals surface area contributed by atoms with Crippen molar-refractivity contribution in [1.29, 1.82) is 0 Å². The predicted octanol–water partition coefficient (Wildman–Crippen LogP) is 1.45. The smallest absolute Gasteiger partial charge is 0.269 e. The number of hydrogen-bond donors (Lipinski definition) is 1. The third kappa shape index (κ3) is 2.30. The summed E-state index contributed by atoms with van der Waals surface area (Å²) in [7, 11) is 0. The molecule has 17 heavy (non-hydrogen) atoms. The standard InChI is InChI=1S/C11H11N3O3/c1-7-6-10(12-13-11(7)15)8-2-4-9(5-3-8)14(16)17/h2-5,7H,6H2,1H3,(H,13,15). The fourth-order valence-electron chi connectivity index (χ4n) is 1.62. The summed E-state index contributed by atoms with van der Waals surface area (Å²) in [5.74, 6) is -0.228. The third-order valence-corrected chi connectivity index (χ3v) is 2.66. The highest BCUT2D eigenvalue weighted by Gasteiger charge is 2.21. The first-order valence-corrected chi connectivity index (χ1v) is 5.19. The van der Waals surface area contributed by atoms with Gasteiger partial charge in [-0.1, -0.05) is 6.92 Å². The lowest BCUT2D eigenvalue weighted by Gasteiger charge is -2.17. The van der Waals surface area contributed by atoms with Gasteiger partial charge in [0.15, 0.2) is 0 Å². The van der Waals surface area contributed by atoms with Gasteiger partial charge in [-0.15, -0.1) is 0 Å². The minimum atomic E-state index is -0.448. The van der Waals surface area contributed by atoms with Gasteiger partial charge in [0.25, 0.3) is 5.69 Å². The first kappa shape index (κ1) is 11.3. The Labute approximate surface area is 97.5 Å². The van der Waals surface area contributed by atoms with Crippen molar-refractivity contribution in [3.63, 3.8) is 0 Å². The molecule has 2 rings (SSSR count). The van der Waals surface area contributed by atoms with Crippen molar-refractivity contribution in [2.75, 3.05) is 0 Å². The number of rotatable bonds is 2. The predicted molar refractivity (Wildman–Crippen MR) is 61.6 cm³/mol. The number of benzene rings is 1. The van der Waals surface area contributed by atoms with Crippen LogP contribution in [0.25, 0.3) is 0 Å². The van der Waals surface area contributed by atoms with Gasteiger partial charge in [-0.3, -0.25) is 14.9 Å². The normalized spacial score (nSPS) is 19.5. The van der Waals surface area contributed by atoms with E-state index in [0.717, 1.165) is 11.3 Å². The van der Waals surface area contributed by atoms with Crippen LogP contribution in [-0.2, 0) is 4.79 Å². The highest BCUT2D eigenvalue weighted by atomic mass is 16.6. The molecular weight excluding hydrogens is 222 g/mol. The third-order valence-electron chi connectivity index (χ3n) is 2.66. The van der Waals surface area contributed by atoms with Crippen LogP contribution in [0.3, 0.4) is 0 Å². The maximum atomic E-state index is 11.2. The van der Waals surface area contributed by atoms with Crippen molar-refractivity contribution in [1.82, 2.24) is 5.43 Å². The first-order chi connectivity index (χ1) is 8.08. The minimum absolute atomic E-state index is 0.0437. The Bertz CT molecular complexity index is 493. The average molecular weight is 233 g/mol. The van der Waals surface area contributed by atoms with E-state index in [1.54, 1.807) is 12.1 Å². The van der Waals surface area contributed by atoms with E-state index in [9.17, 15) is 14.9 Å².